The number of hydrogen-bond donors (Lipinski definition) is 1. The molecule has 0 bridgehead atoms. The van der Waals surface area contributed by atoms with Crippen LogP contribution in [0.4, 0.5) is 4.39 Å². The van der Waals surface area contributed by atoms with Crippen molar-refractivity contribution in [1.82, 2.24) is 5.32 Å². The highest BCUT2D eigenvalue weighted by atomic mass is 35.5. The van der Waals surface area contributed by atoms with Crippen molar-refractivity contribution in [3.8, 4) is 11.5 Å². The molecule has 0 aromatic heterocycles. The summed E-state index contributed by atoms with van der Waals surface area (Å²) < 4.78 is 23.4. The van der Waals surface area contributed by atoms with Crippen LogP contribution in [0.3, 0.4) is 0 Å². The van der Waals surface area contributed by atoms with Crippen molar-refractivity contribution in [2.45, 2.75) is 13.1 Å². The Balaban J connectivity index is 1.61. The van der Waals surface area contributed by atoms with Crippen LogP contribution in [-0.4, -0.2) is 6.79 Å². The lowest BCUT2D eigenvalue weighted by atomic mass is 10.2. The monoisotopic (exact) mass is 293 g/mol. The average molecular weight is 294 g/mol. The second-order valence-corrected chi connectivity index (χ2v) is 4.95. The second-order valence-electron chi connectivity index (χ2n) is 4.54. The standard InChI is InChI=1S/C15H13ClFNO2/c16-13-5-11(6-14-15(13)20-9-19-14)8-18-7-10-1-3-12(17)4-2-10/h1-6,18H,7-9H2. The van der Waals surface area contributed by atoms with Crippen LogP contribution < -0.4 is 14.8 Å². The van der Waals surface area contributed by atoms with Gasteiger partial charge in [0.25, 0.3) is 0 Å². The molecule has 1 aliphatic rings. The summed E-state index contributed by atoms with van der Waals surface area (Å²) >= 11 is 6.11. The van der Waals surface area contributed by atoms with Gasteiger partial charge in [0.05, 0.1) is 5.02 Å². The van der Waals surface area contributed by atoms with Gasteiger partial charge in [0.15, 0.2) is 11.5 Å². The van der Waals surface area contributed by atoms with Crippen molar-refractivity contribution < 1.29 is 13.9 Å². The zero-order valence-corrected chi connectivity index (χ0v) is 11.4. The van der Waals surface area contributed by atoms with Crippen molar-refractivity contribution >= 4 is 11.6 Å². The van der Waals surface area contributed by atoms with E-state index in [1.54, 1.807) is 12.1 Å². The van der Waals surface area contributed by atoms with Gasteiger partial charge in [-0.2, -0.15) is 0 Å². The van der Waals surface area contributed by atoms with E-state index in [-0.39, 0.29) is 12.6 Å². The van der Waals surface area contributed by atoms with E-state index >= 15 is 0 Å². The molecule has 0 spiro atoms. The molecule has 0 radical (unpaired) electrons. The molecule has 0 saturated heterocycles. The fraction of sp³-hybridized carbons (Fsp3) is 0.200. The van der Waals surface area contributed by atoms with Gasteiger partial charge in [-0.1, -0.05) is 23.7 Å². The van der Waals surface area contributed by atoms with Gasteiger partial charge in [-0.05, 0) is 35.4 Å². The van der Waals surface area contributed by atoms with E-state index in [9.17, 15) is 4.39 Å². The lowest BCUT2D eigenvalue weighted by Crippen LogP contribution is -2.12. The molecule has 2 aromatic carbocycles. The molecule has 0 fully saturated rings. The molecule has 0 unspecified atom stereocenters. The summed E-state index contributed by atoms with van der Waals surface area (Å²) in [5.74, 6) is 1.06. The summed E-state index contributed by atoms with van der Waals surface area (Å²) in [5, 5.41) is 3.83. The third-order valence-corrected chi connectivity index (χ3v) is 3.34. The fourth-order valence-electron chi connectivity index (χ4n) is 2.08. The van der Waals surface area contributed by atoms with Gasteiger partial charge in [0.2, 0.25) is 6.79 Å². The van der Waals surface area contributed by atoms with Crippen LogP contribution in [0.25, 0.3) is 0 Å². The van der Waals surface area contributed by atoms with Crippen molar-refractivity contribution in [3.63, 3.8) is 0 Å². The Bertz CT molecular complexity index is 616. The summed E-state index contributed by atoms with van der Waals surface area (Å²) in [5.41, 5.74) is 2.04. The van der Waals surface area contributed by atoms with Gasteiger partial charge in [0.1, 0.15) is 5.82 Å². The Kier molecular flexibility index (Phi) is 3.76. The van der Waals surface area contributed by atoms with Gasteiger partial charge in [-0.3, -0.25) is 0 Å². The molecule has 5 heteroatoms. The van der Waals surface area contributed by atoms with Gasteiger partial charge in [0, 0.05) is 13.1 Å². The first-order chi connectivity index (χ1) is 9.72. The van der Waals surface area contributed by atoms with Crippen LogP contribution in [0.5, 0.6) is 11.5 Å². The Labute approximate surface area is 121 Å². The maximum absolute atomic E-state index is 12.8. The molecule has 3 nitrogen and oxygen atoms in total. The Hall–Kier alpha value is -1.78. The molecular formula is C15H13ClFNO2. The van der Waals surface area contributed by atoms with Gasteiger partial charge < -0.3 is 14.8 Å². The molecule has 1 N–H and O–H groups in total. The number of halogens is 2. The predicted molar refractivity (Wildman–Crippen MR) is 74.5 cm³/mol. The van der Waals surface area contributed by atoms with E-state index in [4.69, 9.17) is 21.1 Å². The van der Waals surface area contributed by atoms with Crippen LogP contribution in [0.1, 0.15) is 11.1 Å². The molecule has 0 amide bonds. The van der Waals surface area contributed by atoms with E-state index in [1.165, 1.54) is 12.1 Å². The van der Waals surface area contributed by atoms with Crippen LogP contribution >= 0.6 is 11.6 Å². The van der Waals surface area contributed by atoms with Crippen molar-refractivity contribution in [1.29, 1.82) is 0 Å². The summed E-state index contributed by atoms with van der Waals surface area (Å²) in [4.78, 5) is 0. The quantitative estimate of drug-likeness (QED) is 0.936. The Morgan fingerprint density at radius 2 is 1.80 bits per heavy atom. The van der Waals surface area contributed by atoms with Crippen LogP contribution in [0.15, 0.2) is 36.4 Å². The van der Waals surface area contributed by atoms with Gasteiger partial charge in [-0.25, -0.2) is 4.39 Å². The zero-order valence-electron chi connectivity index (χ0n) is 10.7. The number of benzene rings is 2. The van der Waals surface area contributed by atoms with Crippen molar-refractivity contribution in [2.75, 3.05) is 6.79 Å². The van der Waals surface area contributed by atoms with Gasteiger partial charge >= 0.3 is 0 Å². The minimum absolute atomic E-state index is 0.210. The highest BCUT2D eigenvalue weighted by molar-refractivity contribution is 6.32. The highest BCUT2D eigenvalue weighted by Gasteiger charge is 2.17. The molecule has 104 valence electrons. The van der Waals surface area contributed by atoms with Crippen LogP contribution in [0.2, 0.25) is 5.02 Å². The topological polar surface area (TPSA) is 30.5 Å². The molecule has 0 saturated carbocycles. The van der Waals surface area contributed by atoms with Crippen molar-refractivity contribution in [3.05, 3.63) is 58.4 Å². The maximum atomic E-state index is 12.8. The van der Waals surface area contributed by atoms with E-state index in [0.717, 1.165) is 11.1 Å². The Morgan fingerprint density at radius 3 is 2.60 bits per heavy atom. The fourth-order valence-corrected chi connectivity index (χ4v) is 2.36. The van der Waals surface area contributed by atoms with Crippen molar-refractivity contribution in [2.24, 2.45) is 0 Å². The number of fused-ring (bicyclic) bond motifs is 1. The number of nitrogens with one attached hydrogen (secondary N) is 1. The summed E-state index contributed by atoms with van der Waals surface area (Å²) in [6, 6.07) is 10.2. The van der Waals surface area contributed by atoms with E-state index in [2.05, 4.69) is 5.32 Å². The smallest absolute Gasteiger partial charge is 0.231 e. The second kappa shape index (κ2) is 5.69. The number of hydrogen-bond acceptors (Lipinski definition) is 3. The molecule has 3 rings (SSSR count). The van der Waals surface area contributed by atoms with E-state index < -0.39 is 0 Å². The van der Waals surface area contributed by atoms with Crippen LogP contribution in [0, 0.1) is 5.82 Å². The molecule has 20 heavy (non-hydrogen) atoms. The first-order valence-electron chi connectivity index (χ1n) is 6.25. The average Bonchev–Trinajstić information content (AvgIpc) is 2.90. The first-order valence-corrected chi connectivity index (χ1v) is 6.63. The SMILES string of the molecule is Fc1ccc(CNCc2cc(Cl)c3c(c2)OCO3)cc1. The highest BCUT2D eigenvalue weighted by Crippen LogP contribution is 2.39. The molecule has 1 heterocycles. The van der Waals surface area contributed by atoms with E-state index in [1.807, 2.05) is 12.1 Å². The molecule has 0 atom stereocenters. The third kappa shape index (κ3) is 2.86. The molecular weight excluding hydrogens is 281 g/mol. The molecule has 1 aliphatic heterocycles. The maximum Gasteiger partial charge on any atom is 0.231 e. The molecule has 0 aliphatic carbocycles. The van der Waals surface area contributed by atoms with Gasteiger partial charge in [-0.15, -0.1) is 0 Å². The minimum Gasteiger partial charge on any atom is -0.454 e. The summed E-state index contributed by atoms with van der Waals surface area (Å²) in [7, 11) is 0. The largest absolute Gasteiger partial charge is 0.454 e. The number of rotatable bonds is 4. The summed E-state index contributed by atoms with van der Waals surface area (Å²) in [6.07, 6.45) is 0. The lowest BCUT2D eigenvalue weighted by molar-refractivity contribution is 0.174. The van der Waals surface area contributed by atoms with E-state index in [0.29, 0.717) is 29.6 Å². The minimum atomic E-state index is -0.226. The lowest BCUT2D eigenvalue weighted by Gasteiger charge is -2.07. The normalized spacial score (nSPS) is 12.7. The summed E-state index contributed by atoms with van der Waals surface area (Å²) in [6.45, 7) is 1.52. The third-order valence-electron chi connectivity index (χ3n) is 3.06. The molecule has 2 aromatic rings. The zero-order chi connectivity index (χ0) is 13.9. The predicted octanol–water partition coefficient (Wildman–Crippen LogP) is 3.50. The Morgan fingerprint density at radius 1 is 1.05 bits per heavy atom. The van der Waals surface area contributed by atoms with Crippen LogP contribution in [-0.2, 0) is 13.1 Å². The first kappa shape index (κ1) is 13.2. The number of ether oxygens (including phenoxy) is 2.